The Balaban J connectivity index is 2.10. The van der Waals surface area contributed by atoms with E-state index in [4.69, 9.17) is 16.3 Å². The third kappa shape index (κ3) is 2.36. The van der Waals surface area contributed by atoms with Crippen molar-refractivity contribution in [3.63, 3.8) is 0 Å². The number of imidazole rings is 1. The van der Waals surface area contributed by atoms with Crippen LogP contribution in [0.1, 0.15) is 16.5 Å². The Kier molecular flexibility index (Phi) is 3.58. The van der Waals surface area contributed by atoms with Gasteiger partial charge in [-0.05, 0) is 13.0 Å². The van der Waals surface area contributed by atoms with E-state index in [1.165, 1.54) is 0 Å². The molecule has 104 valence electrons. The first-order valence-electron chi connectivity index (χ1n) is 6.08. The molecule has 0 fully saturated rings. The molecule has 0 bridgehead atoms. The number of aromatic nitrogens is 4. The summed E-state index contributed by atoms with van der Waals surface area (Å²) >= 11 is 7.61. The lowest BCUT2D eigenvalue weighted by Crippen LogP contribution is -2.05. The van der Waals surface area contributed by atoms with Crippen molar-refractivity contribution in [2.45, 2.75) is 19.3 Å². The molecule has 0 N–H and O–H groups in total. The van der Waals surface area contributed by atoms with Crippen LogP contribution >= 0.6 is 22.9 Å². The third-order valence-electron chi connectivity index (χ3n) is 2.93. The second-order valence-corrected chi connectivity index (χ2v) is 5.54. The Hall–Kier alpha value is -1.66. The van der Waals surface area contributed by atoms with Crippen LogP contribution in [-0.4, -0.2) is 26.6 Å². The van der Waals surface area contributed by atoms with E-state index in [2.05, 4.69) is 15.0 Å². The van der Waals surface area contributed by atoms with E-state index >= 15 is 0 Å². The van der Waals surface area contributed by atoms with Gasteiger partial charge in [0.2, 0.25) is 5.88 Å². The molecule has 3 aromatic heterocycles. The van der Waals surface area contributed by atoms with Gasteiger partial charge in [0, 0.05) is 17.1 Å². The number of ether oxygens (including phenoxy) is 1. The molecular formula is C13H13ClN4OS. The molecular weight excluding hydrogens is 296 g/mol. The fourth-order valence-corrected chi connectivity index (χ4v) is 2.99. The topological polar surface area (TPSA) is 52.8 Å². The number of aryl methyl sites for hydroxylation is 1. The summed E-state index contributed by atoms with van der Waals surface area (Å²) in [5.41, 5.74) is 2.61. The van der Waals surface area contributed by atoms with Crippen molar-refractivity contribution >= 4 is 34.1 Å². The lowest BCUT2D eigenvalue weighted by molar-refractivity contribution is 0.399. The van der Waals surface area contributed by atoms with E-state index in [9.17, 15) is 0 Å². The molecule has 0 atom stereocenters. The van der Waals surface area contributed by atoms with Crippen molar-refractivity contribution in [2.75, 3.05) is 7.11 Å². The highest BCUT2D eigenvalue weighted by Crippen LogP contribution is 2.21. The minimum Gasteiger partial charge on any atom is -0.481 e. The summed E-state index contributed by atoms with van der Waals surface area (Å²) in [5, 5.41) is 3.04. The van der Waals surface area contributed by atoms with Crippen LogP contribution in [-0.2, 0) is 12.4 Å². The molecule has 0 aliphatic heterocycles. The van der Waals surface area contributed by atoms with E-state index in [1.807, 2.05) is 22.9 Å². The molecule has 0 unspecified atom stereocenters. The first-order valence-corrected chi connectivity index (χ1v) is 7.50. The van der Waals surface area contributed by atoms with Crippen LogP contribution in [0.5, 0.6) is 5.88 Å². The normalized spacial score (nSPS) is 11.2. The summed E-state index contributed by atoms with van der Waals surface area (Å²) in [6.45, 7) is 2.60. The molecule has 0 aliphatic rings. The molecule has 0 aliphatic carbocycles. The molecule has 0 spiro atoms. The highest BCUT2D eigenvalue weighted by atomic mass is 35.5. The lowest BCUT2D eigenvalue weighted by Gasteiger charge is -2.05. The maximum absolute atomic E-state index is 5.99. The number of hydrogen-bond donors (Lipinski definition) is 0. The molecule has 0 amide bonds. The number of alkyl halides is 1. The van der Waals surface area contributed by atoms with Gasteiger partial charge < -0.3 is 9.30 Å². The van der Waals surface area contributed by atoms with Crippen molar-refractivity contribution in [3.05, 3.63) is 34.0 Å². The van der Waals surface area contributed by atoms with Crippen molar-refractivity contribution in [2.24, 2.45) is 0 Å². The van der Waals surface area contributed by atoms with E-state index in [-0.39, 0.29) is 0 Å². The number of thiazole rings is 1. The number of rotatable bonds is 4. The fraction of sp³-hybridized carbons (Fsp3) is 0.308. The van der Waals surface area contributed by atoms with Crippen molar-refractivity contribution in [1.82, 2.24) is 19.5 Å². The Bertz CT molecular complexity index is 752. The molecule has 20 heavy (non-hydrogen) atoms. The van der Waals surface area contributed by atoms with Crippen molar-refractivity contribution in [1.29, 1.82) is 0 Å². The second-order valence-electron chi connectivity index (χ2n) is 4.33. The monoisotopic (exact) mass is 308 g/mol. The summed E-state index contributed by atoms with van der Waals surface area (Å²) < 4.78 is 7.17. The lowest BCUT2D eigenvalue weighted by atomic mass is 10.4. The SMILES string of the molecule is COc1ccc2nc(CCl)n(Cc3nc(C)cs3)c2n1. The maximum atomic E-state index is 5.99. The number of nitrogens with zero attached hydrogens (tertiary/aromatic N) is 4. The van der Waals surface area contributed by atoms with Gasteiger partial charge in [-0.1, -0.05) is 0 Å². The molecule has 0 aromatic carbocycles. The van der Waals surface area contributed by atoms with Gasteiger partial charge in [0.05, 0.1) is 19.5 Å². The van der Waals surface area contributed by atoms with E-state index in [0.29, 0.717) is 18.3 Å². The Morgan fingerprint density at radius 2 is 2.15 bits per heavy atom. The van der Waals surface area contributed by atoms with Crippen LogP contribution in [0.3, 0.4) is 0 Å². The summed E-state index contributed by atoms with van der Waals surface area (Å²) in [4.78, 5) is 13.4. The van der Waals surface area contributed by atoms with Crippen LogP contribution in [0.4, 0.5) is 0 Å². The molecule has 0 saturated heterocycles. The van der Waals surface area contributed by atoms with Gasteiger partial charge in [0.25, 0.3) is 0 Å². The second kappa shape index (κ2) is 5.38. The zero-order chi connectivity index (χ0) is 14.1. The average Bonchev–Trinajstić information content (AvgIpc) is 3.03. The average molecular weight is 309 g/mol. The number of halogens is 1. The number of methoxy groups -OCH3 is 1. The molecule has 7 heteroatoms. The summed E-state index contributed by atoms with van der Waals surface area (Å²) in [7, 11) is 1.60. The van der Waals surface area contributed by atoms with Crippen LogP contribution < -0.4 is 4.74 Å². The van der Waals surface area contributed by atoms with Gasteiger partial charge in [-0.15, -0.1) is 22.9 Å². The Labute approximate surface area is 125 Å². The van der Waals surface area contributed by atoms with Crippen molar-refractivity contribution < 1.29 is 4.74 Å². The zero-order valence-electron chi connectivity index (χ0n) is 11.1. The minimum atomic E-state index is 0.336. The smallest absolute Gasteiger partial charge is 0.215 e. The van der Waals surface area contributed by atoms with Gasteiger partial charge in [-0.3, -0.25) is 0 Å². The number of hydrogen-bond acceptors (Lipinski definition) is 5. The highest BCUT2D eigenvalue weighted by Gasteiger charge is 2.13. The molecule has 0 saturated carbocycles. The van der Waals surface area contributed by atoms with Gasteiger partial charge in [-0.25, -0.2) is 9.97 Å². The fourth-order valence-electron chi connectivity index (χ4n) is 2.02. The summed E-state index contributed by atoms with van der Waals surface area (Å²) in [5.74, 6) is 1.69. The minimum absolute atomic E-state index is 0.336. The third-order valence-corrected chi connectivity index (χ3v) is 4.12. The van der Waals surface area contributed by atoms with Crippen LogP contribution in [0, 0.1) is 6.92 Å². The first kappa shape index (κ1) is 13.3. The van der Waals surface area contributed by atoms with Gasteiger partial charge in [0.1, 0.15) is 16.3 Å². The van der Waals surface area contributed by atoms with E-state index in [0.717, 1.165) is 27.7 Å². The maximum Gasteiger partial charge on any atom is 0.215 e. The van der Waals surface area contributed by atoms with E-state index in [1.54, 1.807) is 24.5 Å². The van der Waals surface area contributed by atoms with Crippen LogP contribution in [0.2, 0.25) is 0 Å². The molecule has 0 radical (unpaired) electrons. The van der Waals surface area contributed by atoms with Crippen LogP contribution in [0.15, 0.2) is 17.5 Å². The largest absolute Gasteiger partial charge is 0.481 e. The van der Waals surface area contributed by atoms with Crippen molar-refractivity contribution in [3.8, 4) is 5.88 Å². The predicted octanol–water partition coefficient (Wildman–Crippen LogP) is 2.99. The van der Waals surface area contributed by atoms with Gasteiger partial charge in [-0.2, -0.15) is 4.98 Å². The van der Waals surface area contributed by atoms with Gasteiger partial charge >= 0.3 is 0 Å². The number of pyridine rings is 1. The zero-order valence-corrected chi connectivity index (χ0v) is 12.7. The first-order chi connectivity index (χ1) is 9.71. The summed E-state index contributed by atoms with van der Waals surface area (Å²) in [6, 6.07) is 3.69. The Morgan fingerprint density at radius 1 is 1.30 bits per heavy atom. The standard InChI is InChI=1S/C13H13ClN4OS/c1-8-7-20-12(15-8)6-18-10(5-14)16-9-3-4-11(19-2)17-13(9)18/h3-4,7H,5-6H2,1-2H3. The molecule has 3 rings (SSSR count). The molecule has 3 aromatic rings. The van der Waals surface area contributed by atoms with Crippen LogP contribution in [0.25, 0.3) is 11.2 Å². The van der Waals surface area contributed by atoms with Gasteiger partial charge in [0.15, 0.2) is 5.65 Å². The predicted molar refractivity (Wildman–Crippen MR) is 79.6 cm³/mol. The molecule has 5 nitrogen and oxygen atoms in total. The highest BCUT2D eigenvalue weighted by molar-refractivity contribution is 7.09. The number of fused-ring (bicyclic) bond motifs is 1. The Morgan fingerprint density at radius 3 is 2.80 bits per heavy atom. The summed E-state index contributed by atoms with van der Waals surface area (Å²) in [6.07, 6.45) is 0. The van der Waals surface area contributed by atoms with E-state index < -0.39 is 0 Å². The molecule has 3 heterocycles. The quantitative estimate of drug-likeness (QED) is 0.695.